The van der Waals surface area contributed by atoms with Gasteiger partial charge in [0.25, 0.3) is 0 Å². The second kappa shape index (κ2) is 7.84. The first kappa shape index (κ1) is 14.7. The van der Waals surface area contributed by atoms with Crippen molar-refractivity contribution in [2.75, 3.05) is 26.9 Å². The summed E-state index contributed by atoms with van der Waals surface area (Å²) < 4.78 is 23.8. The van der Waals surface area contributed by atoms with Crippen molar-refractivity contribution >= 4 is 0 Å². The fourth-order valence-electron chi connectivity index (χ4n) is 1.41. The Morgan fingerprint density at radius 1 is 1.44 bits per heavy atom. The Morgan fingerprint density at radius 2 is 2.22 bits per heavy atom. The lowest BCUT2D eigenvalue weighted by atomic mass is 10.2. The van der Waals surface area contributed by atoms with E-state index in [4.69, 9.17) is 9.47 Å². The van der Waals surface area contributed by atoms with Crippen LogP contribution in [0.5, 0.6) is 5.75 Å². The molecule has 1 aromatic carbocycles. The second-order valence-corrected chi connectivity index (χ2v) is 4.14. The van der Waals surface area contributed by atoms with Gasteiger partial charge in [0.05, 0.1) is 20.3 Å². The quantitative estimate of drug-likeness (QED) is 0.570. The minimum absolute atomic E-state index is 0.260. The van der Waals surface area contributed by atoms with Crippen LogP contribution in [0.1, 0.15) is 12.5 Å². The molecule has 1 rings (SSSR count). The Morgan fingerprint density at radius 3 is 2.83 bits per heavy atom. The lowest BCUT2D eigenvalue weighted by Crippen LogP contribution is -2.20. The molecule has 0 bridgehead atoms. The number of methoxy groups -OCH3 is 1. The van der Waals surface area contributed by atoms with Crippen LogP contribution in [0.2, 0.25) is 0 Å². The van der Waals surface area contributed by atoms with E-state index in [1.807, 2.05) is 6.92 Å². The Hall–Kier alpha value is -1.39. The molecule has 0 saturated heterocycles. The molecule has 4 heteroatoms. The van der Waals surface area contributed by atoms with Gasteiger partial charge in [-0.25, -0.2) is 4.39 Å². The molecule has 3 nitrogen and oxygen atoms in total. The summed E-state index contributed by atoms with van der Waals surface area (Å²) in [4.78, 5) is 0. The Balaban J connectivity index is 2.25. The third kappa shape index (κ3) is 5.29. The molecule has 0 heterocycles. The maximum Gasteiger partial charge on any atom is 0.131 e. The molecule has 0 aliphatic carbocycles. The van der Waals surface area contributed by atoms with Crippen molar-refractivity contribution in [3.63, 3.8) is 0 Å². The van der Waals surface area contributed by atoms with E-state index in [9.17, 15) is 4.39 Å². The third-order valence-electron chi connectivity index (χ3n) is 2.35. The van der Waals surface area contributed by atoms with E-state index in [2.05, 4.69) is 11.9 Å². The summed E-state index contributed by atoms with van der Waals surface area (Å²) in [6.45, 7) is 7.97. The topological polar surface area (TPSA) is 30.5 Å². The minimum atomic E-state index is -0.260. The molecule has 0 radical (unpaired) electrons. The van der Waals surface area contributed by atoms with Gasteiger partial charge in [-0.2, -0.15) is 0 Å². The number of hydrogen-bond donors (Lipinski definition) is 1. The Kier molecular flexibility index (Phi) is 6.39. The van der Waals surface area contributed by atoms with E-state index in [-0.39, 0.29) is 5.82 Å². The molecule has 1 aromatic rings. The standard InChI is InChI=1S/C14H20FNO2/c1-11(2)10-18-7-6-16-9-12-4-5-13(17-3)8-14(12)15/h4-5,8,16H,1,6-7,9-10H2,2-3H3. The zero-order valence-electron chi connectivity index (χ0n) is 11.0. The number of benzene rings is 1. The first-order valence-electron chi connectivity index (χ1n) is 5.88. The molecule has 0 aromatic heterocycles. The zero-order valence-corrected chi connectivity index (χ0v) is 11.0. The smallest absolute Gasteiger partial charge is 0.131 e. The molecule has 0 spiro atoms. The first-order valence-corrected chi connectivity index (χ1v) is 5.88. The highest BCUT2D eigenvalue weighted by atomic mass is 19.1. The van der Waals surface area contributed by atoms with Crippen molar-refractivity contribution < 1.29 is 13.9 Å². The van der Waals surface area contributed by atoms with E-state index in [1.165, 1.54) is 13.2 Å². The molecule has 100 valence electrons. The van der Waals surface area contributed by atoms with Crippen LogP contribution in [-0.4, -0.2) is 26.9 Å². The Labute approximate surface area is 108 Å². The summed E-state index contributed by atoms with van der Waals surface area (Å²) in [7, 11) is 1.52. The molecule has 18 heavy (non-hydrogen) atoms. The summed E-state index contributed by atoms with van der Waals surface area (Å²) in [6, 6.07) is 4.85. The molecule has 0 atom stereocenters. The van der Waals surface area contributed by atoms with Crippen molar-refractivity contribution in [2.45, 2.75) is 13.5 Å². The number of rotatable bonds is 8. The monoisotopic (exact) mass is 253 g/mol. The molecular formula is C14H20FNO2. The predicted molar refractivity (Wildman–Crippen MR) is 70.3 cm³/mol. The van der Waals surface area contributed by atoms with Gasteiger partial charge in [-0.15, -0.1) is 0 Å². The highest BCUT2D eigenvalue weighted by Gasteiger charge is 2.03. The second-order valence-electron chi connectivity index (χ2n) is 4.14. The number of nitrogens with one attached hydrogen (secondary N) is 1. The van der Waals surface area contributed by atoms with Gasteiger partial charge in [-0.3, -0.25) is 0 Å². The van der Waals surface area contributed by atoms with Crippen LogP contribution in [0.3, 0.4) is 0 Å². The van der Waals surface area contributed by atoms with Crippen LogP contribution < -0.4 is 10.1 Å². The largest absolute Gasteiger partial charge is 0.497 e. The average Bonchev–Trinajstić information content (AvgIpc) is 2.34. The fraction of sp³-hybridized carbons (Fsp3) is 0.429. The van der Waals surface area contributed by atoms with Gasteiger partial charge < -0.3 is 14.8 Å². The number of ether oxygens (including phenoxy) is 2. The van der Waals surface area contributed by atoms with Gasteiger partial charge in [-0.1, -0.05) is 18.2 Å². The highest BCUT2D eigenvalue weighted by molar-refractivity contribution is 5.28. The van der Waals surface area contributed by atoms with Crippen molar-refractivity contribution in [1.82, 2.24) is 5.32 Å². The van der Waals surface area contributed by atoms with Crippen LogP contribution in [0, 0.1) is 5.82 Å². The summed E-state index contributed by atoms with van der Waals surface area (Å²) >= 11 is 0. The summed E-state index contributed by atoms with van der Waals surface area (Å²) in [5.74, 6) is 0.269. The van der Waals surface area contributed by atoms with E-state index < -0.39 is 0 Å². The highest BCUT2D eigenvalue weighted by Crippen LogP contribution is 2.15. The van der Waals surface area contributed by atoms with Crippen LogP contribution in [0.15, 0.2) is 30.4 Å². The maximum atomic E-state index is 13.6. The van der Waals surface area contributed by atoms with E-state index in [1.54, 1.807) is 12.1 Å². The van der Waals surface area contributed by atoms with E-state index >= 15 is 0 Å². The summed E-state index contributed by atoms with van der Waals surface area (Å²) in [5, 5.41) is 3.12. The molecule has 1 N–H and O–H groups in total. The molecule has 0 aliphatic rings. The summed E-state index contributed by atoms with van der Waals surface area (Å²) in [5.41, 5.74) is 1.62. The van der Waals surface area contributed by atoms with Gasteiger partial charge in [-0.05, 0) is 13.0 Å². The van der Waals surface area contributed by atoms with Gasteiger partial charge in [0.2, 0.25) is 0 Å². The van der Waals surface area contributed by atoms with Crippen LogP contribution >= 0.6 is 0 Å². The zero-order chi connectivity index (χ0) is 13.4. The van der Waals surface area contributed by atoms with E-state index in [0.717, 1.165) is 5.57 Å². The maximum absolute atomic E-state index is 13.6. The SMILES string of the molecule is C=C(C)COCCNCc1ccc(OC)cc1F. The average molecular weight is 253 g/mol. The van der Waals surface area contributed by atoms with Crippen LogP contribution in [0.25, 0.3) is 0 Å². The third-order valence-corrected chi connectivity index (χ3v) is 2.35. The lowest BCUT2D eigenvalue weighted by molar-refractivity contribution is 0.157. The summed E-state index contributed by atoms with van der Waals surface area (Å²) in [6.07, 6.45) is 0. The molecule has 0 amide bonds. The normalized spacial score (nSPS) is 10.4. The Bertz CT molecular complexity index is 393. The van der Waals surface area contributed by atoms with Gasteiger partial charge in [0.1, 0.15) is 11.6 Å². The molecule has 0 saturated carbocycles. The molecule has 0 fully saturated rings. The molecule has 0 aliphatic heterocycles. The van der Waals surface area contributed by atoms with Crippen molar-refractivity contribution in [3.8, 4) is 5.75 Å². The van der Waals surface area contributed by atoms with Crippen LogP contribution in [-0.2, 0) is 11.3 Å². The van der Waals surface area contributed by atoms with Crippen molar-refractivity contribution in [2.24, 2.45) is 0 Å². The first-order chi connectivity index (χ1) is 8.63. The number of halogens is 1. The van der Waals surface area contributed by atoms with Gasteiger partial charge in [0.15, 0.2) is 0 Å². The van der Waals surface area contributed by atoms with Gasteiger partial charge in [0, 0.05) is 24.7 Å². The van der Waals surface area contributed by atoms with Crippen LogP contribution in [0.4, 0.5) is 4.39 Å². The van der Waals surface area contributed by atoms with Crippen molar-refractivity contribution in [1.29, 1.82) is 0 Å². The minimum Gasteiger partial charge on any atom is -0.497 e. The van der Waals surface area contributed by atoms with E-state index in [0.29, 0.717) is 37.6 Å². The lowest BCUT2D eigenvalue weighted by Gasteiger charge is -2.08. The predicted octanol–water partition coefficient (Wildman–Crippen LogP) is 2.52. The molecule has 0 unspecified atom stereocenters. The molecular weight excluding hydrogens is 233 g/mol. The fourth-order valence-corrected chi connectivity index (χ4v) is 1.41. The number of hydrogen-bond acceptors (Lipinski definition) is 3. The van der Waals surface area contributed by atoms with Gasteiger partial charge >= 0.3 is 0 Å². The van der Waals surface area contributed by atoms with Crippen molar-refractivity contribution in [3.05, 3.63) is 41.7 Å².